The number of rotatable bonds is 3. The Balaban J connectivity index is 2.00. The van der Waals surface area contributed by atoms with Gasteiger partial charge in [-0.2, -0.15) is 0 Å². The summed E-state index contributed by atoms with van der Waals surface area (Å²) in [5.41, 5.74) is 0. The van der Waals surface area contributed by atoms with Gasteiger partial charge in [0.15, 0.2) is 0 Å². The largest absolute Gasteiger partial charge is 0.395 e. The van der Waals surface area contributed by atoms with Crippen LogP contribution >= 0.6 is 27.3 Å². The Bertz CT molecular complexity index is 328. The van der Waals surface area contributed by atoms with Crippen LogP contribution in [0.4, 0.5) is 0 Å². The Morgan fingerprint density at radius 3 is 3.00 bits per heavy atom. The summed E-state index contributed by atoms with van der Waals surface area (Å²) in [7, 11) is 0. The molecule has 1 aliphatic rings. The second-order valence-corrected chi connectivity index (χ2v) is 6.74. The van der Waals surface area contributed by atoms with Crippen LogP contribution < -0.4 is 0 Å². The normalized spacial score (nSPS) is 27.4. The van der Waals surface area contributed by atoms with E-state index in [1.54, 1.807) is 11.3 Å². The molecule has 2 rings (SSSR count). The molecule has 2 nitrogen and oxygen atoms in total. The van der Waals surface area contributed by atoms with Crippen LogP contribution in [0.25, 0.3) is 0 Å². The van der Waals surface area contributed by atoms with Gasteiger partial charge in [0.25, 0.3) is 0 Å². The molecule has 0 aliphatic carbocycles. The van der Waals surface area contributed by atoms with E-state index in [0.29, 0.717) is 12.0 Å². The summed E-state index contributed by atoms with van der Waals surface area (Å²) in [4.78, 5) is 3.76. The maximum absolute atomic E-state index is 9.34. The van der Waals surface area contributed by atoms with Crippen molar-refractivity contribution in [2.75, 3.05) is 13.2 Å². The summed E-state index contributed by atoms with van der Waals surface area (Å²) in [6, 6.07) is 4.60. The SMILES string of the molecule is CC1CCN(Cc2ccc(Br)s2)C1CO. The number of aliphatic hydroxyl groups is 1. The fourth-order valence-corrected chi connectivity index (χ4v) is 3.73. The lowest BCUT2D eigenvalue weighted by molar-refractivity contribution is 0.135. The smallest absolute Gasteiger partial charge is 0.0701 e. The topological polar surface area (TPSA) is 23.5 Å². The lowest BCUT2D eigenvalue weighted by Crippen LogP contribution is -2.34. The molecule has 1 aromatic rings. The fourth-order valence-electron chi connectivity index (χ4n) is 2.22. The molecular weight excluding hydrogens is 274 g/mol. The minimum Gasteiger partial charge on any atom is -0.395 e. The van der Waals surface area contributed by atoms with Crippen LogP contribution in [-0.2, 0) is 6.54 Å². The highest BCUT2D eigenvalue weighted by Crippen LogP contribution is 2.28. The Morgan fingerprint density at radius 2 is 2.40 bits per heavy atom. The molecule has 0 radical (unpaired) electrons. The van der Waals surface area contributed by atoms with Crippen molar-refractivity contribution in [2.24, 2.45) is 5.92 Å². The molecule has 15 heavy (non-hydrogen) atoms. The lowest BCUT2D eigenvalue weighted by Gasteiger charge is -2.24. The van der Waals surface area contributed by atoms with Crippen molar-refractivity contribution in [3.63, 3.8) is 0 Å². The molecule has 0 aromatic carbocycles. The molecule has 0 bridgehead atoms. The maximum Gasteiger partial charge on any atom is 0.0701 e. The predicted octanol–water partition coefficient (Wildman–Crippen LogP) is 2.71. The number of hydrogen-bond donors (Lipinski definition) is 1. The van der Waals surface area contributed by atoms with Gasteiger partial charge in [-0.15, -0.1) is 11.3 Å². The molecule has 0 amide bonds. The van der Waals surface area contributed by atoms with Crippen molar-refractivity contribution >= 4 is 27.3 Å². The number of likely N-dealkylation sites (tertiary alicyclic amines) is 1. The number of hydrogen-bond acceptors (Lipinski definition) is 3. The molecule has 0 spiro atoms. The van der Waals surface area contributed by atoms with Crippen molar-refractivity contribution in [1.29, 1.82) is 0 Å². The molecule has 2 heterocycles. The highest BCUT2D eigenvalue weighted by atomic mass is 79.9. The quantitative estimate of drug-likeness (QED) is 0.925. The average molecular weight is 290 g/mol. The van der Waals surface area contributed by atoms with Crippen LogP contribution in [0, 0.1) is 5.92 Å². The highest BCUT2D eigenvalue weighted by Gasteiger charge is 2.30. The van der Waals surface area contributed by atoms with E-state index in [9.17, 15) is 5.11 Å². The summed E-state index contributed by atoms with van der Waals surface area (Å²) in [6.45, 7) is 4.60. The monoisotopic (exact) mass is 289 g/mol. The van der Waals surface area contributed by atoms with Gasteiger partial charge < -0.3 is 5.11 Å². The highest BCUT2D eigenvalue weighted by molar-refractivity contribution is 9.11. The van der Waals surface area contributed by atoms with E-state index >= 15 is 0 Å². The van der Waals surface area contributed by atoms with Gasteiger partial charge in [0.2, 0.25) is 0 Å². The van der Waals surface area contributed by atoms with E-state index < -0.39 is 0 Å². The minimum absolute atomic E-state index is 0.285. The first-order valence-electron chi connectivity index (χ1n) is 5.30. The molecule has 0 saturated carbocycles. The summed E-state index contributed by atoms with van der Waals surface area (Å²) >= 11 is 5.26. The van der Waals surface area contributed by atoms with Crippen LogP contribution in [0.1, 0.15) is 18.2 Å². The first-order valence-corrected chi connectivity index (χ1v) is 6.91. The molecule has 1 aromatic heterocycles. The molecule has 2 atom stereocenters. The van der Waals surface area contributed by atoms with Crippen LogP contribution in [0.5, 0.6) is 0 Å². The third kappa shape index (κ3) is 2.61. The molecule has 1 aliphatic heterocycles. The minimum atomic E-state index is 0.285. The first kappa shape index (κ1) is 11.6. The van der Waals surface area contributed by atoms with E-state index in [4.69, 9.17) is 0 Å². The van der Waals surface area contributed by atoms with E-state index in [1.807, 2.05) is 0 Å². The third-order valence-corrected chi connectivity index (χ3v) is 4.78. The Hall–Kier alpha value is 0.1000. The summed E-state index contributed by atoms with van der Waals surface area (Å²) in [5, 5.41) is 9.34. The van der Waals surface area contributed by atoms with E-state index in [0.717, 1.165) is 13.1 Å². The van der Waals surface area contributed by atoms with E-state index in [2.05, 4.69) is 39.9 Å². The first-order chi connectivity index (χ1) is 7.20. The average Bonchev–Trinajstić information content (AvgIpc) is 2.75. The Kier molecular flexibility index (Phi) is 3.83. The van der Waals surface area contributed by atoms with Gasteiger partial charge in [-0.05, 0) is 46.9 Å². The van der Waals surface area contributed by atoms with Crippen molar-refractivity contribution in [3.05, 3.63) is 20.8 Å². The summed E-state index contributed by atoms with van der Waals surface area (Å²) in [6.07, 6.45) is 1.21. The zero-order chi connectivity index (χ0) is 10.8. The molecule has 4 heteroatoms. The van der Waals surface area contributed by atoms with Gasteiger partial charge in [0.05, 0.1) is 10.4 Å². The van der Waals surface area contributed by atoms with Crippen LogP contribution in [0.3, 0.4) is 0 Å². The van der Waals surface area contributed by atoms with Gasteiger partial charge in [-0.1, -0.05) is 6.92 Å². The predicted molar refractivity (Wildman–Crippen MR) is 67.1 cm³/mol. The van der Waals surface area contributed by atoms with Crippen LogP contribution in [-0.4, -0.2) is 29.2 Å². The van der Waals surface area contributed by atoms with Crippen molar-refractivity contribution in [1.82, 2.24) is 4.90 Å². The van der Waals surface area contributed by atoms with Gasteiger partial charge >= 0.3 is 0 Å². The number of nitrogens with zero attached hydrogens (tertiary/aromatic N) is 1. The maximum atomic E-state index is 9.34. The number of halogens is 1. The van der Waals surface area contributed by atoms with Crippen LogP contribution in [0.2, 0.25) is 0 Å². The van der Waals surface area contributed by atoms with Gasteiger partial charge in [-0.3, -0.25) is 4.90 Å². The molecular formula is C11H16BrNOS. The Morgan fingerprint density at radius 1 is 1.60 bits per heavy atom. The van der Waals surface area contributed by atoms with Gasteiger partial charge in [0, 0.05) is 17.5 Å². The van der Waals surface area contributed by atoms with E-state index in [1.165, 1.54) is 15.1 Å². The zero-order valence-electron chi connectivity index (χ0n) is 8.82. The third-order valence-electron chi connectivity index (χ3n) is 3.17. The second-order valence-electron chi connectivity index (χ2n) is 4.19. The standard InChI is InChI=1S/C11H16BrNOS/c1-8-4-5-13(10(8)7-14)6-9-2-3-11(12)15-9/h2-3,8,10,14H,4-7H2,1H3. The van der Waals surface area contributed by atoms with Crippen molar-refractivity contribution < 1.29 is 5.11 Å². The second kappa shape index (κ2) is 4.95. The summed E-state index contributed by atoms with van der Waals surface area (Å²) < 4.78 is 1.19. The molecule has 1 N–H and O–H groups in total. The molecule has 2 unspecified atom stereocenters. The molecule has 1 saturated heterocycles. The zero-order valence-corrected chi connectivity index (χ0v) is 11.2. The summed E-state index contributed by atoms with van der Waals surface area (Å²) in [5.74, 6) is 0.624. The van der Waals surface area contributed by atoms with Crippen molar-refractivity contribution in [3.8, 4) is 0 Å². The molecule has 84 valence electrons. The lowest BCUT2D eigenvalue weighted by atomic mass is 10.0. The fraction of sp³-hybridized carbons (Fsp3) is 0.636. The Labute approximate surface area is 103 Å². The molecule has 1 fully saturated rings. The van der Waals surface area contributed by atoms with Crippen LogP contribution in [0.15, 0.2) is 15.9 Å². The van der Waals surface area contributed by atoms with Crippen molar-refractivity contribution in [2.45, 2.75) is 25.9 Å². The van der Waals surface area contributed by atoms with Gasteiger partial charge in [-0.25, -0.2) is 0 Å². The number of thiophene rings is 1. The van der Waals surface area contributed by atoms with E-state index in [-0.39, 0.29) is 6.61 Å². The number of aliphatic hydroxyl groups excluding tert-OH is 1. The van der Waals surface area contributed by atoms with Gasteiger partial charge in [0.1, 0.15) is 0 Å².